The summed E-state index contributed by atoms with van der Waals surface area (Å²) in [6.07, 6.45) is 0. The van der Waals surface area contributed by atoms with Crippen LogP contribution in [0.1, 0.15) is 11.1 Å². The zero-order valence-corrected chi connectivity index (χ0v) is 13.2. The van der Waals surface area contributed by atoms with Gasteiger partial charge in [-0.05, 0) is 5.56 Å². The van der Waals surface area contributed by atoms with Gasteiger partial charge in [-0.3, -0.25) is 10.6 Å². The number of hydrogen-bond acceptors (Lipinski definition) is 5. The molecule has 2 N–H and O–H groups in total. The summed E-state index contributed by atoms with van der Waals surface area (Å²) in [5, 5.41) is -0.960. The van der Waals surface area contributed by atoms with Crippen LogP contribution in [0.5, 0.6) is 0 Å². The minimum Gasteiger partial charge on any atom is -0.460 e. The number of rotatable bonds is 4. The van der Waals surface area contributed by atoms with Crippen LogP contribution < -0.4 is 5.84 Å². The Balaban J connectivity index is 1.66. The molecule has 0 aliphatic carbocycles. The van der Waals surface area contributed by atoms with Gasteiger partial charge in [-0.2, -0.15) is 5.01 Å². The van der Waals surface area contributed by atoms with Crippen molar-refractivity contribution in [1.82, 2.24) is 5.01 Å². The molecule has 120 valence electrons. The number of esters is 1. The molecule has 0 radical (unpaired) electrons. The van der Waals surface area contributed by atoms with E-state index in [0.29, 0.717) is 5.56 Å². The van der Waals surface area contributed by atoms with Crippen molar-refractivity contribution in [2.75, 3.05) is 5.75 Å². The number of hydrazine groups is 1. The second kappa shape index (κ2) is 6.70. The third-order valence-corrected chi connectivity index (χ3v) is 5.04. The first-order valence-corrected chi connectivity index (χ1v) is 8.23. The largest absolute Gasteiger partial charge is 0.460 e. The van der Waals surface area contributed by atoms with Gasteiger partial charge in [0.15, 0.2) is 0 Å². The predicted molar refractivity (Wildman–Crippen MR) is 87.7 cm³/mol. The van der Waals surface area contributed by atoms with Gasteiger partial charge in [0, 0.05) is 11.3 Å². The normalized spacial score (nSPS) is 24.5. The van der Waals surface area contributed by atoms with Crippen LogP contribution in [0.4, 0.5) is 4.39 Å². The number of carbonyl (C=O) groups excluding carboxylic acids is 1. The summed E-state index contributed by atoms with van der Waals surface area (Å²) in [4.78, 5) is 12.2. The van der Waals surface area contributed by atoms with E-state index in [2.05, 4.69) is 0 Å². The number of thioether (sulfide) groups is 1. The number of alkyl halides is 1. The van der Waals surface area contributed by atoms with E-state index in [1.807, 2.05) is 30.3 Å². The fourth-order valence-corrected chi connectivity index (χ4v) is 3.68. The Morgan fingerprint density at radius 2 is 1.83 bits per heavy atom. The molecule has 1 fully saturated rings. The van der Waals surface area contributed by atoms with Gasteiger partial charge in [0.25, 0.3) is 0 Å². The molecule has 23 heavy (non-hydrogen) atoms. The van der Waals surface area contributed by atoms with E-state index in [1.165, 1.54) is 0 Å². The average molecular weight is 332 g/mol. The summed E-state index contributed by atoms with van der Waals surface area (Å²) in [6, 6.07) is 17.1. The number of nitrogens with zero attached hydrogens (tertiary/aromatic N) is 1. The second-order valence-corrected chi connectivity index (χ2v) is 6.42. The molecule has 4 nitrogen and oxygen atoms in total. The quantitative estimate of drug-likeness (QED) is 0.530. The van der Waals surface area contributed by atoms with Crippen LogP contribution in [0, 0.1) is 0 Å². The van der Waals surface area contributed by atoms with Gasteiger partial charge >= 0.3 is 5.97 Å². The monoisotopic (exact) mass is 332 g/mol. The SMILES string of the molecule is NN1C(C(=O)OCc2ccccc2)CSC1(F)c1ccccc1. The number of hydrogen-bond donors (Lipinski definition) is 1. The lowest BCUT2D eigenvalue weighted by atomic mass is 10.2. The van der Waals surface area contributed by atoms with Gasteiger partial charge in [-0.1, -0.05) is 72.4 Å². The molecule has 0 saturated carbocycles. The van der Waals surface area contributed by atoms with E-state index in [4.69, 9.17) is 10.6 Å². The van der Waals surface area contributed by atoms with E-state index in [0.717, 1.165) is 22.3 Å². The molecule has 0 aromatic heterocycles. The summed E-state index contributed by atoms with van der Waals surface area (Å²) in [5.74, 6) is 5.63. The highest BCUT2D eigenvalue weighted by Gasteiger charge is 2.51. The highest BCUT2D eigenvalue weighted by atomic mass is 32.2. The van der Waals surface area contributed by atoms with Crippen molar-refractivity contribution in [2.24, 2.45) is 5.84 Å². The molecule has 1 saturated heterocycles. The van der Waals surface area contributed by atoms with E-state index in [9.17, 15) is 4.79 Å². The smallest absolute Gasteiger partial charge is 0.326 e. The van der Waals surface area contributed by atoms with Gasteiger partial charge in [0.2, 0.25) is 5.12 Å². The van der Waals surface area contributed by atoms with Crippen LogP contribution in [0.3, 0.4) is 0 Å². The maximum Gasteiger partial charge on any atom is 0.326 e. The maximum atomic E-state index is 15.2. The molecular formula is C17H17FN2O2S. The molecule has 6 heteroatoms. The fourth-order valence-electron chi connectivity index (χ4n) is 2.43. The van der Waals surface area contributed by atoms with Crippen LogP contribution >= 0.6 is 11.8 Å². The lowest BCUT2D eigenvalue weighted by molar-refractivity contribution is -0.153. The van der Waals surface area contributed by atoms with Crippen LogP contribution in [0.15, 0.2) is 60.7 Å². The maximum absolute atomic E-state index is 15.2. The number of halogens is 1. The highest BCUT2D eigenvalue weighted by molar-refractivity contribution is 8.00. The van der Waals surface area contributed by atoms with Gasteiger partial charge < -0.3 is 4.74 Å². The molecular weight excluding hydrogens is 315 g/mol. The summed E-state index contributed by atoms with van der Waals surface area (Å²) in [7, 11) is 0. The average Bonchev–Trinajstić information content (AvgIpc) is 2.91. The van der Waals surface area contributed by atoms with Gasteiger partial charge in [0.1, 0.15) is 12.6 Å². The van der Waals surface area contributed by atoms with Crippen molar-refractivity contribution in [3.8, 4) is 0 Å². The Morgan fingerprint density at radius 1 is 1.22 bits per heavy atom. The van der Waals surface area contributed by atoms with E-state index in [1.54, 1.807) is 30.3 Å². The molecule has 1 aliphatic rings. The molecule has 2 aromatic carbocycles. The molecule has 1 aliphatic heterocycles. The minimum absolute atomic E-state index is 0.152. The van der Waals surface area contributed by atoms with Crippen molar-refractivity contribution >= 4 is 17.7 Å². The van der Waals surface area contributed by atoms with E-state index in [-0.39, 0.29) is 12.4 Å². The first-order valence-electron chi connectivity index (χ1n) is 7.24. The molecule has 2 atom stereocenters. The molecule has 0 spiro atoms. The Hall–Kier alpha value is -1.89. The molecule has 2 unspecified atom stereocenters. The third-order valence-electron chi connectivity index (χ3n) is 3.73. The van der Waals surface area contributed by atoms with Crippen LogP contribution in [0.2, 0.25) is 0 Å². The zero-order valence-electron chi connectivity index (χ0n) is 12.4. The predicted octanol–water partition coefficient (Wildman–Crippen LogP) is 2.80. The Labute approximate surface area is 138 Å². The van der Waals surface area contributed by atoms with E-state index < -0.39 is 17.1 Å². The number of carbonyl (C=O) groups is 1. The van der Waals surface area contributed by atoms with Crippen LogP contribution in [-0.2, 0) is 21.3 Å². The van der Waals surface area contributed by atoms with Crippen LogP contribution in [-0.4, -0.2) is 22.8 Å². The van der Waals surface area contributed by atoms with Crippen molar-refractivity contribution in [3.63, 3.8) is 0 Å². The zero-order chi connectivity index (χ0) is 16.3. The van der Waals surface area contributed by atoms with Gasteiger partial charge in [-0.25, -0.2) is 4.39 Å². The number of nitrogens with two attached hydrogens (primary N) is 1. The molecule has 2 aromatic rings. The Kier molecular flexibility index (Phi) is 4.66. The van der Waals surface area contributed by atoms with E-state index >= 15 is 4.39 Å². The van der Waals surface area contributed by atoms with Crippen molar-refractivity contribution in [1.29, 1.82) is 0 Å². The first-order chi connectivity index (χ1) is 11.1. The van der Waals surface area contributed by atoms with Crippen molar-refractivity contribution < 1.29 is 13.9 Å². The molecule has 0 bridgehead atoms. The first kappa shape index (κ1) is 16.0. The lowest BCUT2D eigenvalue weighted by Gasteiger charge is -2.28. The standard InChI is InChI=1S/C17H17FN2O2S/c18-17(14-9-5-2-6-10-14)20(19)15(12-23-17)16(21)22-11-13-7-3-1-4-8-13/h1-10,15H,11-12,19H2. The molecule has 3 rings (SSSR count). The van der Waals surface area contributed by atoms with Crippen LogP contribution in [0.25, 0.3) is 0 Å². The van der Waals surface area contributed by atoms with Crippen molar-refractivity contribution in [3.05, 3.63) is 71.8 Å². The number of ether oxygens (including phenoxy) is 1. The Morgan fingerprint density at radius 3 is 2.48 bits per heavy atom. The summed E-state index contributed by atoms with van der Waals surface area (Å²) >= 11 is 0.997. The molecule has 1 heterocycles. The minimum atomic E-state index is -1.92. The van der Waals surface area contributed by atoms with Gasteiger partial charge in [-0.15, -0.1) is 0 Å². The summed E-state index contributed by atoms with van der Waals surface area (Å²) in [5.41, 5.74) is 1.30. The fraction of sp³-hybridized carbons (Fsp3) is 0.235. The van der Waals surface area contributed by atoms with Crippen molar-refractivity contribution in [2.45, 2.75) is 17.8 Å². The Bertz CT molecular complexity index is 671. The summed E-state index contributed by atoms with van der Waals surface area (Å²) in [6.45, 7) is 0.152. The molecule has 0 amide bonds. The second-order valence-electron chi connectivity index (χ2n) is 5.25. The van der Waals surface area contributed by atoms with Gasteiger partial charge in [0.05, 0.1) is 0 Å². The highest BCUT2D eigenvalue weighted by Crippen LogP contribution is 2.46. The topological polar surface area (TPSA) is 55.6 Å². The third kappa shape index (κ3) is 3.24. The number of benzene rings is 2. The lowest BCUT2D eigenvalue weighted by Crippen LogP contribution is -2.50. The summed E-state index contributed by atoms with van der Waals surface area (Å²) < 4.78 is 20.4.